The van der Waals surface area contributed by atoms with E-state index in [1.165, 1.54) is 51.4 Å². The highest BCUT2D eigenvalue weighted by Crippen LogP contribution is 2.69. The standard InChI is InChI=1S/C28H50O3Si/c1-25(2,3)32(8,9)31-21-14-13-18-22-19(15-17-28(18,21)7)27(6)16-11-10-12-20(27)23-24(22)30-26(4,5)29-23/h18-24H,10-17H2,1-9H3/t18?,19?,20?,21-,22?,23+,24+,27+,28-/m0/s1. The fourth-order valence-electron chi connectivity index (χ4n) is 8.91. The first-order chi connectivity index (χ1) is 14.7. The molecule has 1 aliphatic heterocycles. The third kappa shape index (κ3) is 3.36. The van der Waals surface area contributed by atoms with Gasteiger partial charge in [0.2, 0.25) is 0 Å². The summed E-state index contributed by atoms with van der Waals surface area (Å²) in [5, 5.41) is 0.268. The highest BCUT2D eigenvalue weighted by atomic mass is 28.4. The Morgan fingerprint density at radius 2 is 1.41 bits per heavy atom. The van der Waals surface area contributed by atoms with Crippen molar-refractivity contribution >= 4 is 8.32 Å². The molecule has 0 aromatic rings. The minimum atomic E-state index is -1.79. The largest absolute Gasteiger partial charge is 0.413 e. The van der Waals surface area contributed by atoms with Gasteiger partial charge in [-0.15, -0.1) is 0 Å². The lowest BCUT2D eigenvalue weighted by atomic mass is 9.44. The summed E-state index contributed by atoms with van der Waals surface area (Å²) in [5.74, 6) is 2.37. The van der Waals surface area contributed by atoms with E-state index in [9.17, 15) is 0 Å². The smallest absolute Gasteiger partial charge is 0.192 e. The highest BCUT2D eigenvalue weighted by Gasteiger charge is 2.68. The van der Waals surface area contributed by atoms with Crippen LogP contribution in [0.5, 0.6) is 0 Å². The van der Waals surface area contributed by atoms with Crippen LogP contribution in [0, 0.1) is 34.5 Å². The number of fused-ring (bicyclic) bond motifs is 8. The van der Waals surface area contributed by atoms with Gasteiger partial charge in [-0.05, 0) is 105 Å². The third-order valence-electron chi connectivity index (χ3n) is 11.6. The number of rotatable bonds is 2. The molecule has 0 bridgehead atoms. The maximum Gasteiger partial charge on any atom is 0.192 e. The average Bonchev–Trinajstić information content (AvgIpc) is 3.16. The van der Waals surface area contributed by atoms with Crippen LogP contribution < -0.4 is 0 Å². The number of hydrogen-bond acceptors (Lipinski definition) is 3. The molecule has 4 unspecified atom stereocenters. The summed E-state index contributed by atoms with van der Waals surface area (Å²) in [4.78, 5) is 0. The van der Waals surface area contributed by atoms with Crippen molar-refractivity contribution in [3.8, 4) is 0 Å². The molecule has 0 N–H and O–H groups in total. The van der Waals surface area contributed by atoms with Gasteiger partial charge < -0.3 is 13.9 Å². The molecule has 1 saturated heterocycles. The Morgan fingerprint density at radius 1 is 0.750 bits per heavy atom. The topological polar surface area (TPSA) is 27.7 Å². The Labute approximate surface area is 198 Å². The molecule has 0 spiro atoms. The molecule has 4 heteroatoms. The molecule has 5 fully saturated rings. The lowest BCUT2D eigenvalue weighted by Crippen LogP contribution is -2.63. The second-order valence-corrected chi connectivity index (χ2v) is 19.5. The van der Waals surface area contributed by atoms with E-state index in [2.05, 4.69) is 61.6 Å². The van der Waals surface area contributed by atoms with Crippen LogP contribution in [0.25, 0.3) is 0 Å². The normalized spacial score (nSPS) is 50.3. The van der Waals surface area contributed by atoms with Crippen molar-refractivity contribution < 1.29 is 13.9 Å². The van der Waals surface area contributed by atoms with Crippen LogP contribution in [0.2, 0.25) is 18.1 Å². The Kier molecular flexibility index (Phi) is 5.44. The van der Waals surface area contributed by atoms with Gasteiger partial charge >= 0.3 is 0 Å². The zero-order chi connectivity index (χ0) is 23.3. The molecule has 4 aliphatic carbocycles. The summed E-state index contributed by atoms with van der Waals surface area (Å²) >= 11 is 0. The van der Waals surface area contributed by atoms with Crippen LogP contribution in [0.4, 0.5) is 0 Å². The molecule has 0 amide bonds. The molecule has 4 saturated carbocycles. The quantitative estimate of drug-likeness (QED) is 0.396. The summed E-state index contributed by atoms with van der Waals surface area (Å²) in [7, 11) is -1.79. The number of hydrogen-bond donors (Lipinski definition) is 0. The Bertz CT molecular complexity index is 741. The lowest BCUT2D eigenvalue weighted by molar-refractivity contribution is -0.182. The van der Waals surface area contributed by atoms with Gasteiger partial charge in [0.25, 0.3) is 0 Å². The predicted octanol–water partition coefficient (Wildman–Crippen LogP) is 7.55. The zero-order valence-electron chi connectivity index (χ0n) is 22.4. The minimum absolute atomic E-state index is 0.268. The van der Waals surface area contributed by atoms with Gasteiger partial charge in [0, 0.05) is 0 Å². The van der Waals surface area contributed by atoms with E-state index < -0.39 is 14.1 Å². The fourth-order valence-corrected chi connectivity index (χ4v) is 10.4. The van der Waals surface area contributed by atoms with Crippen LogP contribution in [-0.4, -0.2) is 32.4 Å². The summed E-state index contributed by atoms with van der Waals surface area (Å²) in [6, 6.07) is 0. The van der Waals surface area contributed by atoms with Gasteiger partial charge in [0.1, 0.15) is 0 Å². The molecule has 184 valence electrons. The van der Waals surface area contributed by atoms with Gasteiger partial charge in [-0.2, -0.15) is 0 Å². The second kappa shape index (κ2) is 7.31. The van der Waals surface area contributed by atoms with Crippen molar-refractivity contribution in [3.63, 3.8) is 0 Å². The Hall–Kier alpha value is 0.0969. The summed E-state index contributed by atoms with van der Waals surface area (Å²) in [5.41, 5.74) is 0.711. The molecule has 32 heavy (non-hydrogen) atoms. The fraction of sp³-hybridized carbons (Fsp3) is 1.00. The minimum Gasteiger partial charge on any atom is -0.413 e. The lowest BCUT2D eigenvalue weighted by Gasteiger charge is -2.63. The third-order valence-corrected chi connectivity index (χ3v) is 16.1. The van der Waals surface area contributed by atoms with Crippen molar-refractivity contribution in [2.75, 3.05) is 0 Å². The maximum atomic E-state index is 7.17. The molecule has 3 nitrogen and oxygen atoms in total. The monoisotopic (exact) mass is 462 g/mol. The molecular weight excluding hydrogens is 412 g/mol. The first-order valence-corrected chi connectivity index (χ1v) is 16.6. The van der Waals surface area contributed by atoms with E-state index in [-0.39, 0.29) is 16.6 Å². The van der Waals surface area contributed by atoms with Gasteiger partial charge in [0.15, 0.2) is 14.1 Å². The van der Waals surface area contributed by atoms with Crippen LogP contribution >= 0.6 is 0 Å². The van der Waals surface area contributed by atoms with Crippen LogP contribution in [0.3, 0.4) is 0 Å². The molecule has 0 radical (unpaired) electrons. The van der Waals surface area contributed by atoms with E-state index in [1.807, 2.05) is 0 Å². The molecule has 1 heterocycles. The predicted molar refractivity (Wildman–Crippen MR) is 133 cm³/mol. The van der Waals surface area contributed by atoms with Crippen LogP contribution in [-0.2, 0) is 13.9 Å². The maximum absolute atomic E-state index is 7.17. The molecule has 5 rings (SSSR count). The molecule has 0 aromatic carbocycles. The van der Waals surface area contributed by atoms with Crippen molar-refractivity contribution in [3.05, 3.63) is 0 Å². The highest BCUT2D eigenvalue weighted by molar-refractivity contribution is 6.74. The van der Waals surface area contributed by atoms with Gasteiger partial charge in [-0.3, -0.25) is 0 Å². The van der Waals surface area contributed by atoms with Crippen molar-refractivity contribution in [1.29, 1.82) is 0 Å². The van der Waals surface area contributed by atoms with Gasteiger partial charge in [-0.25, -0.2) is 0 Å². The van der Waals surface area contributed by atoms with Crippen LogP contribution in [0.15, 0.2) is 0 Å². The van der Waals surface area contributed by atoms with E-state index in [0.717, 1.165) is 5.92 Å². The summed E-state index contributed by atoms with van der Waals surface area (Å²) < 4.78 is 20.7. The Balaban J connectivity index is 1.49. The molecule has 5 aliphatic rings. The second-order valence-electron chi connectivity index (χ2n) is 14.7. The first-order valence-electron chi connectivity index (χ1n) is 13.7. The molecule has 9 atom stereocenters. The van der Waals surface area contributed by atoms with Gasteiger partial charge in [-0.1, -0.05) is 47.5 Å². The number of ether oxygens (including phenoxy) is 2. The van der Waals surface area contributed by atoms with Crippen molar-refractivity contribution in [2.24, 2.45) is 34.5 Å². The zero-order valence-corrected chi connectivity index (χ0v) is 23.4. The molecule has 0 aromatic heterocycles. The van der Waals surface area contributed by atoms with Crippen molar-refractivity contribution in [1.82, 2.24) is 0 Å². The van der Waals surface area contributed by atoms with Crippen LogP contribution in [0.1, 0.15) is 99.8 Å². The Morgan fingerprint density at radius 3 is 2.09 bits per heavy atom. The van der Waals surface area contributed by atoms with Crippen molar-refractivity contribution in [2.45, 2.75) is 142 Å². The van der Waals surface area contributed by atoms with E-state index in [4.69, 9.17) is 13.9 Å². The average molecular weight is 463 g/mol. The summed E-state index contributed by atoms with van der Waals surface area (Å²) in [6.07, 6.45) is 11.7. The summed E-state index contributed by atoms with van der Waals surface area (Å²) in [6.45, 7) is 21.6. The van der Waals surface area contributed by atoms with E-state index >= 15 is 0 Å². The SMILES string of the molecule is CC1(C)O[C@@H]2C3C(CC[C@@]4(C)C3CC[C@@H]4O[Si](C)(C)C(C)(C)C)[C@@]3(C)CCCCC3[C@H]2O1. The van der Waals surface area contributed by atoms with E-state index in [0.29, 0.717) is 35.4 Å². The van der Waals surface area contributed by atoms with Gasteiger partial charge in [0.05, 0.1) is 18.3 Å². The first kappa shape index (κ1) is 23.8. The molecular formula is C28H50O3Si. The van der Waals surface area contributed by atoms with E-state index in [1.54, 1.807) is 0 Å².